The number of hydrogen-bond donors (Lipinski definition) is 2. The first-order valence-corrected chi connectivity index (χ1v) is 7.73. The Morgan fingerprint density at radius 3 is 2.67 bits per heavy atom. The first-order valence-electron chi connectivity index (χ1n) is 7.36. The first kappa shape index (κ1) is 16.3. The van der Waals surface area contributed by atoms with Crippen molar-refractivity contribution in [3.63, 3.8) is 0 Å². The van der Waals surface area contributed by atoms with Crippen LogP contribution in [-0.2, 0) is 5.41 Å². The molecule has 0 spiro atoms. The number of fused-ring (bicyclic) bond motifs is 1. The lowest BCUT2D eigenvalue weighted by molar-refractivity contribution is 0.377. The fourth-order valence-electron chi connectivity index (χ4n) is 2.89. The highest BCUT2D eigenvalue weighted by molar-refractivity contribution is 6.31. The topological polar surface area (TPSA) is 87.7 Å². The number of nitrogens with zero attached hydrogens (tertiary/aromatic N) is 2. The molecule has 24 heavy (non-hydrogen) atoms. The molecule has 1 aliphatic heterocycles. The minimum Gasteiger partial charge on any atom is -0.420 e. The average Bonchev–Trinajstić information content (AvgIpc) is 2.90. The Hall–Kier alpha value is -2.52. The Kier molecular flexibility index (Phi) is 3.77. The van der Waals surface area contributed by atoms with Crippen molar-refractivity contribution in [1.29, 1.82) is 5.26 Å². The molecule has 0 fully saturated rings. The fraction of sp³-hybridized carbons (Fsp3) is 0.294. The number of H-pyrrole nitrogens is 1. The smallest absolute Gasteiger partial charge is 0.244 e. The molecule has 0 aliphatic carbocycles. The van der Waals surface area contributed by atoms with Gasteiger partial charge in [0, 0.05) is 21.7 Å². The predicted octanol–water partition coefficient (Wildman–Crippen LogP) is 3.72. The number of nitrogens with one attached hydrogen (secondary N) is 1. The number of rotatable bonds is 1. The van der Waals surface area contributed by atoms with Crippen molar-refractivity contribution < 1.29 is 9.13 Å². The van der Waals surface area contributed by atoms with E-state index in [4.69, 9.17) is 22.1 Å². The standard InChI is InChI=1S/C17H16ClFN4O/c1-17(2,3)14-13-11(12-9(18)5-4-6-10(12)19)8(7-20)15(21)24-16(13)23-22-14/h4-6,11H,21H2,1-3H3,(H,22,23)/t11-/m1/s1. The molecule has 1 aromatic carbocycles. The molecule has 0 radical (unpaired) electrons. The third-order valence-electron chi connectivity index (χ3n) is 3.98. The Balaban J connectivity index is 2.36. The van der Waals surface area contributed by atoms with Crippen LogP contribution in [0, 0.1) is 17.1 Å². The lowest BCUT2D eigenvalue weighted by Gasteiger charge is -2.28. The van der Waals surface area contributed by atoms with Gasteiger partial charge in [-0.3, -0.25) is 5.10 Å². The third-order valence-corrected chi connectivity index (χ3v) is 4.31. The summed E-state index contributed by atoms with van der Waals surface area (Å²) < 4.78 is 20.0. The van der Waals surface area contributed by atoms with Crippen LogP contribution in [-0.4, -0.2) is 10.2 Å². The molecule has 0 bridgehead atoms. The van der Waals surface area contributed by atoms with E-state index in [0.717, 1.165) is 5.69 Å². The van der Waals surface area contributed by atoms with E-state index >= 15 is 0 Å². The molecule has 2 heterocycles. The SMILES string of the molecule is CC(C)(C)c1[nH]nc2c1[C@@H](c1c(F)cccc1Cl)C(C#N)=C(N)O2. The van der Waals surface area contributed by atoms with Crippen molar-refractivity contribution in [2.24, 2.45) is 5.73 Å². The summed E-state index contributed by atoms with van der Waals surface area (Å²) in [4.78, 5) is 0. The van der Waals surface area contributed by atoms with E-state index in [1.165, 1.54) is 12.1 Å². The average molecular weight is 347 g/mol. The van der Waals surface area contributed by atoms with Crippen molar-refractivity contribution in [3.8, 4) is 11.9 Å². The molecule has 7 heteroatoms. The quantitative estimate of drug-likeness (QED) is 0.823. The van der Waals surface area contributed by atoms with Crippen LogP contribution in [0.4, 0.5) is 4.39 Å². The molecule has 5 nitrogen and oxygen atoms in total. The molecular weight excluding hydrogens is 331 g/mol. The zero-order valence-corrected chi connectivity index (χ0v) is 14.2. The van der Waals surface area contributed by atoms with E-state index in [1.54, 1.807) is 6.07 Å². The van der Waals surface area contributed by atoms with Crippen molar-refractivity contribution >= 4 is 11.6 Å². The highest BCUT2D eigenvalue weighted by atomic mass is 35.5. The van der Waals surface area contributed by atoms with Gasteiger partial charge in [0.05, 0.1) is 11.5 Å². The molecule has 1 atom stereocenters. The summed E-state index contributed by atoms with van der Waals surface area (Å²) in [5, 5.41) is 16.9. The second-order valence-corrected chi connectivity index (χ2v) is 7.03. The molecule has 3 N–H and O–H groups in total. The second-order valence-electron chi connectivity index (χ2n) is 6.63. The van der Waals surface area contributed by atoms with E-state index < -0.39 is 11.7 Å². The number of aromatic amines is 1. The van der Waals surface area contributed by atoms with Gasteiger partial charge in [0.2, 0.25) is 11.8 Å². The van der Waals surface area contributed by atoms with Crippen LogP contribution in [0.25, 0.3) is 0 Å². The number of nitriles is 1. The van der Waals surface area contributed by atoms with Crippen molar-refractivity contribution in [3.05, 3.63) is 57.3 Å². The van der Waals surface area contributed by atoms with Gasteiger partial charge in [0.15, 0.2) is 0 Å². The summed E-state index contributed by atoms with van der Waals surface area (Å²) in [6.07, 6.45) is 0. The van der Waals surface area contributed by atoms with Crippen molar-refractivity contribution in [1.82, 2.24) is 10.2 Å². The number of halogens is 2. The molecule has 0 unspecified atom stereocenters. The minimum absolute atomic E-state index is 0.0960. The summed E-state index contributed by atoms with van der Waals surface area (Å²) in [5.74, 6) is -1.15. The van der Waals surface area contributed by atoms with Crippen LogP contribution < -0.4 is 10.5 Å². The zero-order chi connectivity index (χ0) is 17.6. The molecular formula is C17H16ClFN4O. The van der Waals surface area contributed by atoms with Gasteiger partial charge >= 0.3 is 0 Å². The number of nitrogens with two attached hydrogens (primary N) is 1. The highest BCUT2D eigenvalue weighted by Crippen LogP contribution is 2.47. The van der Waals surface area contributed by atoms with Gasteiger partial charge in [-0.15, -0.1) is 5.10 Å². The second kappa shape index (κ2) is 5.53. The molecule has 2 aromatic rings. The van der Waals surface area contributed by atoms with Crippen LogP contribution in [0.15, 0.2) is 29.7 Å². The van der Waals surface area contributed by atoms with Gasteiger partial charge in [-0.25, -0.2) is 4.39 Å². The number of benzene rings is 1. The monoisotopic (exact) mass is 346 g/mol. The largest absolute Gasteiger partial charge is 0.420 e. The van der Waals surface area contributed by atoms with Gasteiger partial charge < -0.3 is 10.5 Å². The molecule has 0 saturated carbocycles. The summed E-state index contributed by atoms with van der Waals surface area (Å²) in [7, 11) is 0. The van der Waals surface area contributed by atoms with Crippen LogP contribution in [0.2, 0.25) is 5.02 Å². The van der Waals surface area contributed by atoms with Crippen LogP contribution in [0.3, 0.4) is 0 Å². The van der Waals surface area contributed by atoms with Crippen molar-refractivity contribution in [2.45, 2.75) is 32.1 Å². The number of hydrogen-bond acceptors (Lipinski definition) is 4. The van der Waals surface area contributed by atoms with E-state index in [2.05, 4.69) is 10.2 Å². The molecule has 0 saturated heterocycles. The molecule has 124 valence electrons. The lowest BCUT2D eigenvalue weighted by Crippen LogP contribution is -2.24. The Bertz CT molecular complexity index is 869. The first-order chi connectivity index (χ1) is 11.3. The van der Waals surface area contributed by atoms with Crippen LogP contribution in [0.1, 0.15) is 43.5 Å². The van der Waals surface area contributed by atoms with Crippen LogP contribution in [0.5, 0.6) is 5.88 Å². The van der Waals surface area contributed by atoms with E-state index in [9.17, 15) is 9.65 Å². The van der Waals surface area contributed by atoms with Gasteiger partial charge in [-0.2, -0.15) is 5.26 Å². The number of allylic oxidation sites excluding steroid dienone is 1. The lowest BCUT2D eigenvalue weighted by atomic mass is 9.78. The summed E-state index contributed by atoms with van der Waals surface area (Å²) in [6.45, 7) is 5.94. The minimum atomic E-state index is -0.777. The summed E-state index contributed by atoms with van der Waals surface area (Å²) in [5.41, 5.74) is 7.16. The molecule has 1 aliphatic rings. The maximum absolute atomic E-state index is 14.6. The fourth-order valence-corrected chi connectivity index (χ4v) is 3.16. The molecule has 0 amide bonds. The van der Waals surface area contributed by atoms with Gasteiger partial charge in [-0.1, -0.05) is 38.4 Å². The van der Waals surface area contributed by atoms with Gasteiger partial charge in [0.25, 0.3) is 0 Å². The Labute approximate surface area is 143 Å². The summed E-state index contributed by atoms with van der Waals surface area (Å²) >= 11 is 6.25. The Morgan fingerprint density at radius 2 is 2.08 bits per heavy atom. The molecule has 3 rings (SSSR count). The summed E-state index contributed by atoms with van der Waals surface area (Å²) in [6, 6.07) is 6.43. The number of ether oxygens (including phenoxy) is 1. The predicted molar refractivity (Wildman–Crippen MR) is 88.0 cm³/mol. The van der Waals surface area contributed by atoms with Gasteiger partial charge in [-0.05, 0) is 12.1 Å². The maximum atomic E-state index is 14.6. The highest BCUT2D eigenvalue weighted by Gasteiger charge is 2.39. The third kappa shape index (κ3) is 2.42. The van der Waals surface area contributed by atoms with E-state index in [0.29, 0.717) is 5.56 Å². The van der Waals surface area contributed by atoms with Crippen molar-refractivity contribution in [2.75, 3.05) is 0 Å². The van der Waals surface area contributed by atoms with Gasteiger partial charge in [0.1, 0.15) is 17.5 Å². The number of aromatic nitrogens is 2. The Morgan fingerprint density at radius 1 is 1.38 bits per heavy atom. The molecule has 1 aromatic heterocycles. The normalized spacial score (nSPS) is 17.2. The van der Waals surface area contributed by atoms with E-state index in [-0.39, 0.29) is 33.3 Å². The maximum Gasteiger partial charge on any atom is 0.244 e. The van der Waals surface area contributed by atoms with E-state index in [1.807, 2.05) is 26.8 Å². The van der Waals surface area contributed by atoms with Crippen LogP contribution >= 0.6 is 11.6 Å². The zero-order valence-electron chi connectivity index (χ0n) is 13.4.